The number of hydrogen-bond acceptors (Lipinski definition) is 5. The molecule has 0 aliphatic carbocycles. The van der Waals surface area contributed by atoms with E-state index in [1.54, 1.807) is 11.6 Å². The number of rotatable bonds is 6. The SMILES string of the molecule is Cn1c(=O)c2c(nc(NCCCO)n2Cc2ccc(Br)cc2)n(C)c1=O. The van der Waals surface area contributed by atoms with Crippen LogP contribution < -0.4 is 16.6 Å². The number of fused-ring (bicyclic) bond motifs is 1. The second-order valence-electron chi connectivity index (χ2n) is 6.03. The molecule has 0 amide bonds. The van der Waals surface area contributed by atoms with Gasteiger partial charge in [-0.15, -0.1) is 0 Å². The van der Waals surface area contributed by atoms with E-state index >= 15 is 0 Å². The average molecular weight is 422 g/mol. The molecule has 2 aromatic heterocycles. The van der Waals surface area contributed by atoms with Crippen LogP contribution in [0.5, 0.6) is 0 Å². The van der Waals surface area contributed by atoms with Gasteiger partial charge in [0, 0.05) is 31.7 Å². The first-order valence-corrected chi connectivity index (χ1v) is 8.98. The number of benzene rings is 1. The summed E-state index contributed by atoms with van der Waals surface area (Å²) >= 11 is 3.41. The van der Waals surface area contributed by atoms with Gasteiger partial charge in [-0.3, -0.25) is 18.5 Å². The van der Waals surface area contributed by atoms with Crippen LogP contribution in [0.2, 0.25) is 0 Å². The van der Waals surface area contributed by atoms with Crippen molar-refractivity contribution in [3.63, 3.8) is 0 Å². The number of nitrogens with zero attached hydrogens (tertiary/aromatic N) is 4. The molecule has 0 unspecified atom stereocenters. The van der Waals surface area contributed by atoms with Crippen molar-refractivity contribution in [2.24, 2.45) is 14.1 Å². The second-order valence-corrected chi connectivity index (χ2v) is 6.95. The zero-order chi connectivity index (χ0) is 18.8. The van der Waals surface area contributed by atoms with E-state index in [0.717, 1.165) is 14.6 Å². The van der Waals surface area contributed by atoms with Gasteiger partial charge < -0.3 is 10.4 Å². The van der Waals surface area contributed by atoms with E-state index in [-0.39, 0.29) is 12.2 Å². The van der Waals surface area contributed by atoms with Gasteiger partial charge in [-0.05, 0) is 24.1 Å². The number of anilines is 1. The summed E-state index contributed by atoms with van der Waals surface area (Å²) in [7, 11) is 3.05. The van der Waals surface area contributed by atoms with E-state index in [1.165, 1.54) is 11.6 Å². The van der Waals surface area contributed by atoms with Crippen molar-refractivity contribution in [1.82, 2.24) is 18.7 Å². The zero-order valence-corrected chi connectivity index (χ0v) is 16.2. The second kappa shape index (κ2) is 7.46. The van der Waals surface area contributed by atoms with Gasteiger partial charge in [-0.1, -0.05) is 28.1 Å². The van der Waals surface area contributed by atoms with Crippen LogP contribution in [0.1, 0.15) is 12.0 Å². The molecule has 0 aliphatic rings. The van der Waals surface area contributed by atoms with Gasteiger partial charge in [0.1, 0.15) is 0 Å². The van der Waals surface area contributed by atoms with Crippen molar-refractivity contribution in [3.05, 3.63) is 55.1 Å². The predicted molar refractivity (Wildman–Crippen MR) is 104 cm³/mol. The highest BCUT2D eigenvalue weighted by molar-refractivity contribution is 9.10. The normalized spacial score (nSPS) is 11.2. The Morgan fingerprint density at radius 2 is 1.85 bits per heavy atom. The maximum absolute atomic E-state index is 12.7. The largest absolute Gasteiger partial charge is 0.396 e. The molecule has 0 saturated carbocycles. The van der Waals surface area contributed by atoms with Crippen molar-refractivity contribution >= 4 is 33.0 Å². The van der Waals surface area contributed by atoms with Gasteiger partial charge in [0.2, 0.25) is 5.95 Å². The monoisotopic (exact) mass is 421 g/mol. The van der Waals surface area contributed by atoms with E-state index in [2.05, 4.69) is 26.2 Å². The molecule has 2 N–H and O–H groups in total. The maximum atomic E-state index is 12.7. The molecule has 3 aromatic rings. The molecule has 0 spiro atoms. The van der Waals surface area contributed by atoms with Crippen LogP contribution in [0.25, 0.3) is 11.2 Å². The molecular weight excluding hydrogens is 402 g/mol. The van der Waals surface area contributed by atoms with E-state index < -0.39 is 5.69 Å². The third-order valence-corrected chi connectivity index (χ3v) is 4.75. The van der Waals surface area contributed by atoms with Crippen LogP contribution in [0, 0.1) is 0 Å². The standard InChI is InChI=1S/C17H20BrN5O3/c1-21-14-13(15(25)22(2)17(21)26)23(16(20-14)19-8-3-9-24)10-11-4-6-12(18)7-5-11/h4-7,24H,3,8-10H2,1-2H3,(H,19,20). The first kappa shape index (κ1) is 18.4. The Hall–Kier alpha value is -2.39. The number of aliphatic hydroxyl groups excluding tert-OH is 1. The molecule has 138 valence electrons. The third-order valence-electron chi connectivity index (χ3n) is 4.22. The fourth-order valence-electron chi connectivity index (χ4n) is 2.79. The van der Waals surface area contributed by atoms with Gasteiger partial charge in [0.15, 0.2) is 11.2 Å². The van der Waals surface area contributed by atoms with Crippen molar-refractivity contribution in [2.45, 2.75) is 13.0 Å². The predicted octanol–water partition coefficient (Wildman–Crippen LogP) is 1.04. The van der Waals surface area contributed by atoms with Crippen LogP contribution >= 0.6 is 15.9 Å². The number of halogens is 1. The fourth-order valence-corrected chi connectivity index (χ4v) is 3.05. The molecule has 0 fully saturated rings. The Kier molecular flexibility index (Phi) is 5.28. The summed E-state index contributed by atoms with van der Waals surface area (Å²) in [5.74, 6) is 0.495. The highest BCUT2D eigenvalue weighted by Crippen LogP contribution is 2.19. The number of imidazole rings is 1. The molecular formula is C17H20BrN5O3. The van der Waals surface area contributed by atoms with Gasteiger partial charge in [0.25, 0.3) is 5.56 Å². The Labute approximate surface area is 157 Å². The lowest BCUT2D eigenvalue weighted by Crippen LogP contribution is -2.37. The fraction of sp³-hybridized carbons (Fsp3) is 0.353. The van der Waals surface area contributed by atoms with Crippen molar-refractivity contribution < 1.29 is 5.11 Å². The topological polar surface area (TPSA) is 94.1 Å². The molecule has 9 heteroatoms. The number of aryl methyl sites for hydroxylation is 1. The van der Waals surface area contributed by atoms with Crippen molar-refractivity contribution in [3.8, 4) is 0 Å². The smallest absolute Gasteiger partial charge is 0.332 e. The summed E-state index contributed by atoms with van der Waals surface area (Å²) in [6.07, 6.45) is 0.554. The van der Waals surface area contributed by atoms with Crippen LogP contribution in [0.4, 0.5) is 5.95 Å². The van der Waals surface area contributed by atoms with E-state index in [4.69, 9.17) is 5.11 Å². The molecule has 0 saturated heterocycles. The van der Waals surface area contributed by atoms with Crippen LogP contribution in [-0.4, -0.2) is 36.9 Å². The summed E-state index contributed by atoms with van der Waals surface area (Å²) < 4.78 is 5.19. The Morgan fingerprint density at radius 3 is 2.50 bits per heavy atom. The minimum absolute atomic E-state index is 0.0557. The van der Waals surface area contributed by atoms with Crippen molar-refractivity contribution in [1.29, 1.82) is 0 Å². The molecule has 0 bridgehead atoms. The third kappa shape index (κ3) is 3.32. The van der Waals surface area contributed by atoms with E-state index in [0.29, 0.717) is 36.6 Å². The molecule has 0 aliphatic heterocycles. The molecule has 8 nitrogen and oxygen atoms in total. The number of aromatic nitrogens is 4. The molecule has 0 radical (unpaired) electrons. The molecule has 2 heterocycles. The minimum Gasteiger partial charge on any atom is -0.396 e. The summed E-state index contributed by atoms with van der Waals surface area (Å²) in [6, 6.07) is 7.78. The lowest BCUT2D eigenvalue weighted by molar-refractivity contribution is 0.292. The van der Waals surface area contributed by atoms with Crippen LogP contribution in [-0.2, 0) is 20.6 Å². The summed E-state index contributed by atoms with van der Waals surface area (Å²) in [4.78, 5) is 29.4. The Bertz CT molecular complexity index is 1050. The summed E-state index contributed by atoms with van der Waals surface area (Å²) in [5, 5.41) is 12.2. The lowest BCUT2D eigenvalue weighted by atomic mass is 10.2. The number of nitrogens with one attached hydrogen (secondary N) is 1. The van der Waals surface area contributed by atoms with Gasteiger partial charge >= 0.3 is 5.69 Å². The van der Waals surface area contributed by atoms with Gasteiger partial charge in [0.05, 0.1) is 6.54 Å². The summed E-state index contributed by atoms with van der Waals surface area (Å²) in [5.41, 5.74) is 0.889. The number of aliphatic hydroxyl groups is 1. The summed E-state index contributed by atoms with van der Waals surface area (Å²) in [6.45, 7) is 0.993. The van der Waals surface area contributed by atoms with Gasteiger partial charge in [-0.2, -0.15) is 4.98 Å². The molecule has 0 atom stereocenters. The van der Waals surface area contributed by atoms with Crippen LogP contribution in [0.3, 0.4) is 0 Å². The minimum atomic E-state index is -0.419. The maximum Gasteiger partial charge on any atom is 0.332 e. The van der Waals surface area contributed by atoms with Gasteiger partial charge in [-0.25, -0.2) is 4.79 Å². The average Bonchev–Trinajstić information content (AvgIpc) is 2.99. The molecule has 3 rings (SSSR count). The first-order chi connectivity index (χ1) is 12.4. The number of hydrogen-bond donors (Lipinski definition) is 2. The Balaban J connectivity index is 2.19. The lowest BCUT2D eigenvalue weighted by Gasteiger charge is -2.11. The highest BCUT2D eigenvalue weighted by Gasteiger charge is 2.19. The van der Waals surface area contributed by atoms with E-state index in [9.17, 15) is 9.59 Å². The quantitative estimate of drug-likeness (QED) is 0.579. The van der Waals surface area contributed by atoms with Crippen molar-refractivity contribution in [2.75, 3.05) is 18.5 Å². The zero-order valence-electron chi connectivity index (χ0n) is 14.6. The molecule has 1 aromatic carbocycles. The first-order valence-electron chi connectivity index (χ1n) is 8.19. The van der Waals surface area contributed by atoms with E-state index in [1.807, 2.05) is 24.3 Å². The van der Waals surface area contributed by atoms with Crippen LogP contribution in [0.15, 0.2) is 38.3 Å². The highest BCUT2D eigenvalue weighted by atomic mass is 79.9. The Morgan fingerprint density at radius 1 is 1.15 bits per heavy atom. The molecule has 26 heavy (non-hydrogen) atoms.